The normalized spacial score (nSPS) is 11.6. The van der Waals surface area contributed by atoms with Crippen LogP contribution >= 0.6 is 0 Å². The summed E-state index contributed by atoms with van der Waals surface area (Å²) in [5.41, 5.74) is 4.00. The number of hydrogen-bond donors (Lipinski definition) is 1. The van der Waals surface area contributed by atoms with Crippen molar-refractivity contribution < 1.29 is 13.2 Å². The first-order chi connectivity index (χ1) is 18.9. The van der Waals surface area contributed by atoms with Crippen molar-refractivity contribution in [2.45, 2.75) is 23.3 Å². The Morgan fingerprint density at radius 3 is 2.03 bits per heavy atom. The van der Waals surface area contributed by atoms with Crippen LogP contribution in [0.4, 0.5) is 5.82 Å². The fraction of sp³-hybridized carbons (Fsp3) is 0.0645. The number of nitrogens with one attached hydrogen (secondary N) is 1. The lowest BCUT2D eigenvalue weighted by atomic mass is 10.2. The standard InChI is InChI=1S/C31H24N4O3S/c1-21-16-18-24(19-17-21)39(37,38)28-27-29(33-26-15-9-8-14-25(26)32-27)35(20-22-10-4-2-5-11-22)30(28)34-31(36)23-12-6-3-7-13-23/h2-19H,20H2,1H3,(H,34,36). The number of rotatable bonds is 6. The van der Waals surface area contributed by atoms with E-state index in [1.54, 1.807) is 59.2 Å². The molecule has 7 nitrogen and oxygen atoms in total. The fourth-order valence-electron chi connectivity index (χ4n) is 4.58. The molecule has 0 unspecified atom stereocenters. The Bertz CT molecular complexity index is 1930. The van der Waals surface area contributed by atoms with Crippen LogP contribution in [0, 0.1) is 6.92 Å². The second-order valence-corrected chi connectivity index (χ2v) is 11.2. The Labute approximate surface area is 225 Å². The summed E-state index contributed by atoms with van der Waals surface area (Å²) in [6.07, 6.45) is 0. The van der Waals surface area contributed by atoms with Crippen molar-refractivity contribution in [2.75, 3.05) is 5.32 Å². The van der Waals surface area contributed by atoms with Crippen LogP contribution in [0.5, 0.6) is 0 Å². The van der Waals surface area contributed by atoms with Crippen LogP contribution in [-0.2, 0) is 16.4 Å². The lowest BCUT2D eigenvalue weighted by molar-refractivity contribution is 0.102. The smallest absolute Gasteiger partial charge is 0.256 e. The topological polar surface area (TPSA) is 94.0 Å². The number of carbonyl (C=O) groups excluding carboxylic acids is 1. The molecule has 6 aromatic rings. The van der Waals surface area contributed by atoms with Crippen molar-refractivity contribution >= 4 is 43.8 Å². The number of sulfone groups is 1. The second-order valence-electron chi connectivity index (χ2n) is 9.27. The Morgan fingerprint density at radius 1 is 0.769 bits per heavy atom. The van der Waals surface area contributed by atoms with E-state index in [0.29, 0.717) is 22.2 Å². The Kier molecular flexibility index (Phi) is 6.17. The van der Waals surface area contributed by atoms with Gasteiger partial charge in [0.2, 0.25) is 9.84 Å². The molecule has 1 N–H and O–H groups in total. The molecule has 0 saturated carbocycles. The SMILES string of the molecule is Cc1ccc(S(=O)(=O)c2c(NC(=O)c3ccccc3)n(Cc3ccccc3)c3nc4ccccc4nc23)cc1. The molecule has 4 aromatic carbocycles. The molecule has 2 aromatic heterocycles. The van der Waals surface area contributed by atoms with Gasteiger partial charge in [-0.3, -0.25) is 4.79 Å². The molecule has 0 fully saturated rings. The molecule has 0 aliphatic rings. The van der Waals surface area contributed by atoms with Gasteiger partial charge in [0, 0.05) is 5.56 Å². The monoisotopic (exact) mass is 532 g/mol. The van der Waals surface area contributed by atoms with Gasteiger partial charge in [0.25, 0.3) is 5.91 Å². The first kappa shape index (κ1) is 24.5. The van der Waals surface area contributed by atoms with Crippen molar-refractivity contribution in [3.8, 4) is 0 Å². The molecule has 192 valence electrons. The number of aryl methyl sites for hydroxylation is 1. The predicted octanol–water partition coefficient (Wildman–Crippen LogP) is 6.03. The summed E-state index contributed by atoms with van der Waals surface area (Å²) < 4.78 is 30.3. The van der Waals surface area contributed by atoms with Crippen molar-refractivity contribution in [1.82, 2.24) is 14.5 Å². The molecule has 0 radical (unpaired) electrons. The number of benzene rings is 4. The van der Waals surface area contributed by atoms with Crippen LogP contribution in [0.25, 0.3) is 22.2 Å². The van der Waals surface area contributed by atoms with Gasteiger partial charge in [-0.15, -0.1) is 0 Å². The zero-order valence-corrected chi connectivity index (χ0v) is 21.9. The van der Waals surface area contributed by atoms with Gasteiger partial charge in [-0.1, -0.05) is 78.4 Å². The summed E-state index contributed by atoms with van der Waals surface area (Å²) in [5.74, 6) is -0.309. The van der Waals surface area contributed by atoms with E-state index in [0.717, 1.165) is 11.1 Å². The van der Waals surface area contributed by atoms with Crippen molar-refractivity contribution in [3.05, 3.63) is 126 Å². The van der Waals surface area contributed by atoms with Crippen LogP contribution in [0.15, 0.2) is 119 Å². The molecule has 39 heavy (non-hydrogen) atoms. The number of fused-ring (bicyclic) bond motifs is 2. The quantitative estimate of drug-likeness (QED) is 0.283. The van der Waals surface area contributed by atoms with Crippen molar-refractivity contribution in [2.24, 2.45) is 0 Å². The van der Waals surface area contributed by atoms with E-state index in [-0.39, 0.29) is 27.7 Å². The Hall–Kier alpha value is -4.82. The number of amides is 1. The molecule has 0 aliphatic heterocycles. The zero-order valence-electron chi connectivity index (χ0n) is 21.1. The molecular formula is C31H24N4O3S. The van der Waals surface area contributed by atoms with E-state index in [1.807, 2.05) is 61.5 Å². The molecule has 6 rings (SSSR count). The number of aromatic nitrogens is 3. The second kappa shape index (κ2) is 9.81. The maximum absolute atomic E-state index is 14.3. The molecule has 1 amide bonds. The minimum absolute atomic E-state index is 0.0835. The highest BCUT2D eigenvalue weighted by molar-refractivity contribution is 7.92. The first-order valence-corrected chi connectivity index (χ1v) is 13.9. The molecule has 0 bridgehead atoms. The maximum atomic E-state index is 14.3. The van der Waals surface area contributed by atoms with E-state index in [2.05, 4.69) is 5.32 Å². The Balaban J connectivity index is 1.67. The lowest BCUT2D eigenvalue weighted by Crippen LogP contribution is -2.18. The first-order valence-electron chi connectivity index (χ1n) is 12.4. The minimum Gasteiger partial charge on any atom is -0.307 e. The highest BCUT2D eigenvalue weighted by Crippen LogP contribution is 2.38. The van der Waals surface area contributed by atoms with Crippen LogP contribution in [0.3, 0.4) is 0 Å². The van der Waals surface area contributed by atoms with E-state index in [1.165, 1.54) is 0 Å². The van der Waals surface area contributed by atoms with Crippen LogP contribution in [0.2, 0.25) is 0 Å². The third-order valence-electron chi connectivity index (χ3n) is 6.56. The van der Waals surface area contributed by atoms with Crippen LogP contribution < -0.4 is 5.32 Å². The average Bonchev–Trinajstić information content (AvgIpc) is 3.25. The van der Waals surface area contributed by atoms with E-state index < -0.39 is 15.7 Å². The van der Waals surface area contributed by atoms with Gasteiger partial charge in [-0.05, 0) is 48.9 Å². The van der Waals surface area contributed by atoms with Gasteiger partial charge in [0.1, 0.15) is 16.2 Å². The third-order valence-corrected chi connectivity index (χ3v) is 8.38. The largest absolute Gasteiger partial charge is 0.307 e. The predicted molar refractivity (Wildman–Crippen MR) is 152 cm³/mol. The molecule has 0 spiro atoms. The van der Waals surface area contributed by atoms with Gasteiger partial charge >= 0.3 is 0 Å². The minimum atomic E-state index is -4.12. The summed E-state index contributed by atoms with van der Waals surface area (Å²) in [6, 6.07) is 32.3. The number of carbonyl (C=O) groups is 1. The van der Waals surface area contributed by atoms with Crippen molar-refractivity contribution in [1.29, 1.82) is 0 Å². The molecule has 0 saturated heterocycles. The fourth-order valence-corrected chi connectivity index (χ4v) is 6.11. The number of anilines is 1. The van der Waals surface area contributed by atoms with Crippen LogP contribution in [-0.4, -0.2) is 28.9 Å². The zero-order chi connectivity index (χ0) is 27.0. The van der Waals surface area contributed by atoms with E-state index in [9.17, 15) is 13.2 Å². The number of hydrogen-bond acceptors (Lipinski definition) is 5. The van der Waals surface area contributed by atoms with Gasteiger partial charge in [-0.2, -0.15) is 0 Å². The summed E-state index contributed by atoms with van der Waals surface area (Å²) in [4.78, 5) is 23.1. The molecule has 8 heteroatoms. The summed E-state index contributed by atoms with van der Waals surface area (Å²) >= 11 is 0. The number of nitrogens with zero attached hydrogens (tertiary/aromatic N) is 3. The summed E-state index contributed by atoms with van der Waals surface area (Å²) in [7, 11) is -4.12. The summed E-state index contributed by atoms with van der Waals surface area (Å²) in [5, 5.41) is 2.91. The lowest BCUT2D eigenvalue weighted by Gasteiger charge is -2.14. The van der Waals surface area contributed by atoms with Crippen LogP contribution in [0.1, 0.15) is 21.5 Å². The highest BCUT2D eigenvalue weighted by atomic mass is 32.2. The van der Waals surface area contributed by atoms with Gasteiger partial charge in [-0.25, -0.2) is 18.4 Å². The highest BCUT2D eigenvalue weighted by Gasteiger charge is 2.32. The Morgan fingerprint density at radius 2 is 1.36 bits per heavy atom. The van der Waals surface area contributed by atoms with Gasteiger partial charge in [0.05, 0.1) is 22.5 Å². The maximum Gasteiger partial charge on any atom is 0.256 e. The third kappa shape index (κ3) is 4.55. The summed E-state index contributed by atoms with van der Waals surface area (Å²) in [6.45, 7) is 2.17. The van der Waals surface area contributed by atoms with E-state index in [4.69, 9.17) is 9.97 Å². The number of para-hydroxylation sites is 2. The van der Waals surface area contributed by atoms with Crippen molar-refractivity contribution in [3.63, 3.8) is 0 Å². The molecular weight excluding hydrogens is 508 g/mol. The molecule has 2 heterocycles. The van der Waals surface area contributed by atoms with E-state index >= 15 is 0 Å². The average molecular weight is 533 g/mol. The molecule has 0 atom stereocenters. The van der Waals surface area contributed by atoms with Gasteiger partial charge in [0.15, 0.2) is 5.65 Å². The van der Waals surface area contributed by atoms with Gasteiger partial charge < -0.3 is 9.88 Å². The molecule has 0 aliphatic carbocycles.